The van der Waals surface area contributed by atoms with E-state index in [9.17, 15) is 4.79 Å². The quantitative estimate of drug-likeness (QED) is 0.544. The molecular formula is C7H9NO2S2. The highest BCUT2D eigenvalue weighted by Gasteiger charge is 2.14. The molecule has 0 aliphatic rings. The molecule has 0 fully saturated rings. The summed E-state index contributed by atoms with van der Waals surface area (Å²) in [6.45, 7) is 1.81. The van der Waals surface area contributed by atoms with Gasteiger partial charge in [-0.3, -0.25) is 0 Å². The summed E-state index contributed by atoms with van der Waals surface area (Å²) in [6, 6.07) is 0. The van der Waals surface area contributed by atoms with Gasteiger partial charge in [0.25, 0.3) is 0 Å². The van der Waals surface area contributed by atoms with Gasteiger partial charge in [0.1, 0.15) is 4.88 Å². The van der Waals surface area contributed by atoms with Crippen LogP contribution in [0.1, 0.15) is 15.4 Å². The van der Waals surface area contributed by atoms with Crippen molar-refractivity contribution in [2.45, 2.75) is 11.3 Å². The highest BCUT2D eigenvalue weighted by atomic mass is 32.2. The van der Waals surface area contributed by atoms with E-state index in [0.29, 0.717) is 4.88 Å². The number of thiazole rings is 1. The Balaban J connectivity index is 2.99. The van der Waals surface area contributed by atoms with Crippen LogP contribution in [-0.4, -0.2) is 24.3 Å². The number of thioether (sulfide) groups is 1. The lowest BCUT2D eigenvalue weighted by atomic mass is 10.4. The van der Waals surface area contributed by atoms with Crippen LogP contribution in [0.2, 0.25) is 0 Å². The molecule has 0 aliphatic heterocycles. The van der Waals surface area contributed by atoms with Crippen molar-refractivity contribution < 1.29 is 9.53 Å². The van der Waals surface area contributed by atoms with Gasteiger partial charge in [0.05, 0.1) is 12.8 Å². The molecule has 0 saturated carbocycles. The normalized spacial score (nSPS) is 9.92. The van der Waals surface area contributed by atoms with Crippen LogP contribution in [0.25, 0.3) is 0 Å². The summed E-state index contributed by atoms with van der Waals surface area (Å²) >= 11 is 2.90. The molecule has 0 spiro atoms. The lowest BCUT2D eigenvalue weighted by Gasteiger charge is -1.92. The van der Waals surface area contributed by atoms with Crippen LogP contribution in [0.15, 0.2) is 4.34 Å². The maximum absolute atomic E-state index is 11.1. The first-order valence-corrected chi connectivity index (χ1v) is 5.33. The Morgan fingerprint density at radius 3 is 2.75 bits per heavy atom. The van der Waals surface area contributed by atoms with Gasteiger partial charge in [-0.2, -0.15) is 0 Å². The Kier molecular flexibility index (Phi) is 3.11. The lowest BCUT2D eigenvalue weighted by Crippen LogP contribution is -1.99. The first-order chi connectivity index (χ1) is 5.69. The first-order valence-electron chi connectivity index (χ1n) is 3.28. The van der Waals surface area contributed by atoms with Crippen molar-refractivity contribution >= 4 is 29.1 Å². The highest BCUT2D eigenvalue weighted by Crippen LogP contribution is 2.25. The maximum Gasteiger partial charge on any atom is 0.350 e. The Labute approximate surface area is 79.1 Å². The number of esters is 1. The zero-order valence-electron chi connectivity index (χ0n) is 7.08. The number of nitrogens with zero attached hydrogens (tertiary/aromatic N) is 1. The Morgan fingerprint density at radius 2 is 2.33 bits per heavy atom. The van der Waals surface area contributed by atoms with Gasteiger partial charge < -0.3 is 4.74 Å². The molecule has 0 N–H and O–H groups in total. The summed E-state index contributed by atoms with van der Waals surface area (Å²) in [5.41, 5.74) is 0.746. The van der Waals surface area contributed by atoms with E-state index in [2.05, 4.69) is 9.72 Å². The van der Waals surface area contributed by atoms with Crippen LogP contribution in [0.4, 0.5) is 0 Å². The lowest BCUT2D eigenvalue weighted by molar-refractivity contribution is 0.0605. The number of hydrogen-bond donors (Lipinski definition) is 0. The molecule has 66 valence electrons. The summed E-state index contributed by atoms with van der Waals surface area (Å²) < 4.78 is 5.49. The van der Waals surface area contributed by atoms with E-state index in [0.717, 1.165) is 10.0 Å². The van der Waals surface area contributed by atoms with Crippen molar-refractivity contribution in [1.82, 2.24) is 4.98 Å². The van der Waals surface area contributed by atoms with Gasteiger partial charge in [0.2, 0.25) is 0 Å². The van der Waals surface area contributed by atoms with Crippen LogP contribution in [0, 0.1) is 6.92 Å². The molecule has 5 heteroatoms. The van der Waals surface area contributed by atoms with Gasteiger partial charge in [0.15, 0.2) is 4.34 Å². The number of aryl methyl sites for hydroxylation is 1. The number of ether oxygens (including phenoxy) is 1. The third kappa shape index (κ3) is 1.78. The second kappa shape index (κ2) is 3.91. The summed E-state index contributed by atoms with van der Waals surface area (Å²) in [5, 5.41) is 0. The molecule has 3 nitrogen and oxygen atoms in total. The minimum atomic E-state index is -0.301. The molecule has 12 heavy (non-hydrogen) atoms. The molecule has 0 atom stereocenters. The third-order valence-electron chi connectivity index (χ3n) is 1.32. The second-order valence-corrected chi connectivity index (χ2v) is 4.14. The number of carbonyl (C=O) groups is 1. The summed E-state index contributed by atoms with van der Waals surface area (Å²) in [5.74, 6) is -0.301. The minimum Gasteiger partial charge on any atom is -0.465 e. The maximum atomic E-state index is 11.1. The van der Waals surface area contributed by atoms with Crippen molar-refractivity contribution in [3.05, 3.63) is 10.6 Å². The SMILES string of the molecule is COC(=O)c1sc(SC)nc1C. The fraction of sp³-hybridized carbons (Fsp3) is 0.429. The van der Waals surface area contributed by atoms with Crippen LogP contribution < -0.4 is 0 Å². The summed E-state index contributed by atoms with van der Waals surface area (Å²) in [4.78, 5) is 15.9. The fourth-order valence-corrected chi connectivity index (χ4v) is 2.27. The van der Waals surface area contributed by atoms with Gasteiger partial charge in [-0.1, -0.05) is 11.8 Å². The Hall–Kier alpha value is -0.550. The van der Waals surface area contributed by atoms with Crippen molar-refractivity contribution in [3.63, 3.8) is 0 Å². The molecule has 1 rings (SSSR count). The number of rotatable bonds is 2. The average Bonchev–Trinajstić information content (AvgIpc) is 2.45. The number of aromatic nitrogens is 1. The highest BCUT2D eigenvalue weighted by molar-refractivity contribution is 8.00. The number of carbonyl (C=O) groups excluding carboxylic acids is 1. The molecular weight excluding hydrogens is 194 g/mol. The van der Waals surface area contributed by atoms with Crippen molar-refractivity contribution in [2.24, 2.45) is 0 Å². The fourth-order valence-electron chi connectivity index (χ4n) is 0.741. The molecule has 0 aliphatic carbocycles. The molecule has 0 unspecified atom stereocenters. The molecule has 0 radical (unpaired) electrons. The molecule has 0 amide bonds. The van der Waals surface area contributed by atoms with E-state index in [1.54, 1.807) is 0 Å². The predicted molar refractivity (Wildman–Crippen MR) is 50.0 cm³/mol. The largest absolute Gasteiger partial charge is 0.465 e. The smallest absolute Gasteiger partial charge is 0.350 e. The van der Waals surface area contributed by atoms with Gasteiger partial charge in [-0.05, 0) is 13.2 Å². The van der Waals surface area contributed by atoms with E-state index in [4.69, 9.17) is 0 Å². The van der Waals surface area contributed by atoms with Crippen molar-refractivity contribution in [3.8, 4) is 0 Å². The first kappa shape index (κ1) is 9.54. The van der Waals surface area contributed by atoms with Gasteiger partial charge >= 0.3 is 5.97 Å². The summed E-state index contributed by atoms with van der Waals surface area (Å²) in [7, 11) is 1.38. The van der Waals surface area contributed by atoms with E-state index >= 15 is 0 Å². The molecule has 0 bridgehead atoms. The number of methoxy groups -OCH3 is 1. The zero-order valence-corrected chi connectivity index (χ0v) is 8.71. The van der Waals surface area contributed by atoms with E-state index < -0.39 is 0 Å². The average molecular weight is 203 g/mol. The molecule has 0 saturated heterocycles. The van der Waals surface area contributed by atoms with Crippen molar-refractivity contribution in [2.75, 3.05) is 13.4 Å². The summed E-state index contributed by atoms with van der Waals surface area (Å²) in [6.07, 6.45) is 1.93. The van der Waals surface area contributed by atoms with Gasteiger partial charge in [-0.25, -0.2) is 9.78 Å². The Morgan fingerprint density at radius 1 is 1.67 bits per heavy atom. The molecule has 1 heterocycles. The molecule has 0 aromatic carbocycles. The molecule has 1 aromatic rings. The van der Waals surface area contributed by atoms with Crippen LogP contribution in [0.5, 0.6) is 0 Å². The monoisotopic (exact) mass is 203 g/mol. The van der Waals surface area contributed by atoms with Crippen LogP contribution >= 0.6 is 23.1 Å². The minimum absolute atomic E-state index is 0.301. The van der Waals surface area contributed by atoms with Crippen LogP contribution in [0.3, 0.4) is 0 Å². The second-order valence-electron chi connectivity index (χ2n) is 2.09. The molecule has 1 aromatic heterocycles. The zero-order chi connectivity index (χ0) is 9.14. The topological polar surface area (TPSA) is 39.2 Å². The van der Waals surface area contributed by atoms with E-state index in [1.165, 1.54) is 30.2 Å². The Bertz CT molecular complexity index is 296. The van der Waals surface area contributed by atoms with Gasteiger partial charge in [0, 0.05) is 0 Å². The predicted octanol–water partition coefficient (Wildman–Crippen LogP) is 1.96. The third-order valence-corrected chi connectivity index (χ3v) is 3.45. The van der Waals surface area contributed by atoms with E-state index in [1.807, 2.05) is 13.2 Å². The number of hydrogen-bond acceptors (Lipinski definition) is 5. The van der Waals surface area contributed by atoms with E-state index in [-0.39, 0.29) is 5.97 Å². The standard InChI is InChI=1S/C7H9NO2S2/c1-4-5(6(9)10-2)12-7(8-4)11-3/h1-3H3. The van der Waals surface area contributed by atoms with Crippen LogP contribution in [-0.2, 0) is 4.74 Å². The van der Waals surface area contributed by atoms with Gasteiger partial charge in [-0.15, -0.1) is 11.3 Å². The van der Waals surface area contributed by atoms with Crippen molar-refractivity contribution in [1.29, 1.82) is 0 Å².